The number of rotatable bonds is 6. The fourth-order valence-electron chi connectivity index (χ4n) is 2.07. The number of halogens is 1. The van der Waals surface area contributed by atoms with Crippen molar-refractivity contribution < 1.29 is 13.2 Å². The van der Waals surface area contributed by atoms with E-state index in [1.807, 2.05) is 0 Å². The summed E-state index contributed by atoms with van der Waals surface area (Å²) in [5.41, 5.74) is 1.25. The lowest BCUT2D eigenvalue weighted by Gasteiger charge is -2.08. The quantitative estimate of drug-likeness (QED) is 0.701. The predicted octanol–water partition coefficient (Wildman–Crippen LogP) is 1.80. The molecule has 3 rings (SSSR count). The van der Waals surface area contributed by atoms with Gasteiger partial charge in [-0.05, 0) is 30.3 Å². The zero-order chi connectivity index (χ0) is 17.9. The van der Waals surface area contributed by atoms with Gasteiger partial charge in [0.05, 0.1) is 41.2 Å². The number of sulfonamides is 1. The maximum atomic E-state index is 12.4. The molecule has 1 N–H and O–H groups in total. The minimum absolute atomic E-state index is 0.00291. The van der Waals surface area contributed by atoms with Crippen molar-refractivity contribution in [1.82, 2.24) is 24.7 Å². The van der Waals surface area contributed by atoms with E-state index in [1.54, 1.807) is 30.7 Å². The van der Waals surface area contributed by atoms with Crippen LogP contribution in [0.15, 0.2) is 53.8 Å². The van der Waals surface area contributed by atoms with Crippen molar-refractivity contribution in [3.05, 3.63) is 59.6 Å². The maximum absolute atomic E-state index is 12.4. The summed E-state index contributed by atoms with van der Waals surface area (Å²) in [5, 5.41) is 8.13. The summed E-state index contributed by atoms with van der Waals surface area (Å²) in [7, 11) is -2.28. The summed E-state index contributed by atoms with van der Waals surface area (Å²) in [5.74, 6) is 0.404. The highest BCUT2D eigenvalue weighted by atomic mass is 35.5. The Morgan fingerprint density at radius 1 is 1.24 bits per heavy atom. The Morgan fingerprint density at radius 2 is 2.00 bits per heavy atom. The van der Waals surface area contributed by atoms with E-state index in [-0.39, 0.29) is 16.5 Å². The maximum Gasteiger partial charge on any atom is 0.240 e. The van der Waals surface area contributed by atoms with Crippen LogP contribution in [0, 0.1) is 0 Å². The zero-order valence-corrected chi connectivity index (χ0v) is 14.7. The molecule has 10 heteroatoms. The normalized spacial score (nSPS) is 11.4. The van der Waals surface area contributed by atoms with Crippen molar-refractivity contribution in [3.63, 3.8) is 0 Å². The highest BCUT2D eigenvalue weighted by Gasteiger charge is 2.16. The van der Waals surface area contributed by atoms with Crippen molar-refractivity contribution in [2.45, 2.75) is 11.4 Å². The number of benzene rings is 1. The van der Waals surface area contributed by atoms with E-state index in [0.717, 1.165) is 5.69 Å². The monoisotopic (exact) mass is 379 g/mol. The first-order valence-electron chi connectivity index (χ1n) is 7.14. The van der Waals surface area contributed by atoms with Gasteiger partial charge in [0.1, 0.15) is 5.75 Å². The van der Waals surface area contributed by atoms with Crippen molar-refractivity contribution in [2.75, 3.05) is 7.11 Å². The highest BCUT2D eigenvalue weighted by molar-refractivity contribution is 7.89. The predicted molar refractivity (Wildman–Crippen MR) is 91.2 cm³/mol. The molecular formula is C15H14ClN5O3S. The Kier molecular flexibility index (Phi) is 4.98. The van der Waals surface area contributed by atoms with Gasteiger partial charge in [0.25, 0.3) is 0 Å². The van der Waals surface area contributed by atoms with E-state index in [0.29, 0.717) is 11.4 Å². The fraction of sp³-hybridized carbons (Fsp3) is 0.133. The summed E-state index contributed by atoms with van der Waals surface area (Å²) >= 11 is 5.98. The molecule has 0 aliphatic heterocycles. The van der Waals surface area contributed by atoms with E-state index in [4.69, 9.17) is 16.3 Å². The van der Waals surface area contributed by atoms with Gasteiger partial charge in [-0.25, -0.2) is 17.8 Å². The number of ether oxygens (including phenoxy) is 1. The van der Waals surface area contributed by atoms with Crippen LogP contribution in [-0.4, -0.2) is 35.5 Å². The van der Waals surface area contributed by atoms with E-state index < -0.39 is 10.0 Å². The van der Waals surface area contributed by atoms with Crippen LogP contribution >= 0.6 is 11.6 Å². The first-order valence-corrected chi connectivity index (χ1v) is 9.00. The van der Waals surface area contributed by atoms with Gasteiger partial charge >= 0.3 is 0 Å². The Bertz CT molecular complexity index is 976. The summed E-state index contributed by atoms with van der Waals surface area (Å²) in [6.45, 7) is -0.00291. The summed E-state index contributed by atoms with van der Waals surface area (Å²) in [4.78, 5) is 3.97. The Balaban J connectivity index is 1.72. The third-order valence-electron chi connectivity index (χ3n) is 3.34. The molecule has 0 radical (unpaired) electrons. The second-order valence-corrected chi connectivity index (χ2v) is 7.15. The molecular weight excluding hydrogens is 366 g/mol. The summed E-state index contributed by atoms with van der Waals surface area (Å²) in [6, 6.07) is 7.78. The topological polar surface area (TPSA) is 99.0 Å². The molecule has 0 fully saturated rings. The SMILES string of the molecule is COc1ccc(S(=O)(=O)NCc2cn(-c3ccncc3)nn2)cc1Cl. The number of pyridine rings is 1. The first-order chi connectivity index (χ1) is 12.0. The number of aromatic nitrogens is 4. The molecule has 0 saturated heterocycles. The number of methoxy groups -OCH3 is 1. The third-order valence-corrected chi connectivity index (χ3v) is 5.04. The Morgan fingerprint density at radius 3 is 2.68 bits per heavy atom. The van der Waals surface area contributed by atoms with Crippen LogP contribution in [0.5, 0.6) is 5.75 Å². The van der Waals surface area contributed by atoms with Crippen LogP contribution in [0.25, 0.3) is 5.69 Å². The molecule has 0 atom stereocenters. The second-order valence-electron chi connectivity index (χ2n) is 4.98. The lowest BCUT2D eigenvalue weighted by molar-refractivity contribution is 0.414. The van der Waals surface area contributed by atoms with Crippen LogP contribution in [-0.2, 0) is 16.6 Å². The summed E-state index contributed by atoms with van der Waals surface area (Å²) in [6.07, 6.45) is 4.90. The highest BCUT2D eigenvalue weighted by Crippen LogP contribution is 2.26. The molecule has 0 amide bonds. The number of nitrogens with one attached hydrogen (secondary N) is 1. The van der Waals surface area contributed by atoms with Crippen LogP contribution in [0.3, 0.4) is 0 Å². The first kappa shape index (κ1) is 17.3. The zero-order valence-electron chi connectivity index (χ0n) is 13.1. The van der Waals surface area contributed by atoms with E-state index in [2.05, 4.69) is 20.0 Å². The molecule has 1 aromatic carbocycles. The van der Waals surface area contributed by atoms with Crippen LogP contribution in [0.4, 0.5) is 0 Å². The van der Waals surface area contributed by atoms with Gasteiger partial charge in [-0.2, -0.15) is 0 Å². The number of nitrogens with zero attached hydrogens (tertiary/aromatic N) is 4. The lowest BCUT2D eigenvalue weighted by Crippen LogP contribution is -2.23. The molecule has 2 aromatic heterocycles. The van der Waals surface area contributed by atoms with Crippen LogP contribution in [0.1, 0.15) is 5.69 Å². The van der Waals surface area contributed by atoms with Gasteiger partial charge in [-0.1, -0.05) is 16.8 Å². The smallest absolute Gasteiger partial charge is 0.240 e. The van der Waals surface area contributed by atoms with Crippen molar-refractivity contribution in [2.24, 2.45) is 0 Å². The average molecular weight is 380 g/mol. The molecule has 0 aliphatic rings. The van der Waals surface area contributed by atoms with E-state index in [1.165, 1.54) is 30.0 Å². The van der Waals surface area contributed by atoms with Gasteiger partial charge < -0.3 is 4.74 Å². The molecule has 0 unspecified atom stereocenters. The van der Waals surface area contributed by atoms with Crippen molar-refractivity contribution >= 4 is 21.6 Å². The van der Waals surface area contributed by atoms with Gasteiger partial charge in [0, 0.05) is 12.4 Å². The average Bonchev–Trinajstić information content (AvgIpc) is 3.10. The lowest BCUT2D eigenvalue weighted by atomic mass is 10.3. The van der Waals surface area contributed by atoms with Crippen LogP contribution in [0.2, 0.25) is 5.02 Å². The molecule has 0 spiro atoms. The molecule has 0 aliphatic carbocycles. The van der Waals surface area contributed by atoms with Gasteiger partial charge in [-0.15, -0.1) is 5.10 Å². The summed E-state index contributed by atoms with van der Waals surface area (Å²) < 4.78 is 33.7. The van der Waals surface area contributed by atoms with Crippen molar-refractivity contribution in [1.29, 1.82) is 0 Å². The Hall–Kier alpha value is -2.49. The van der Waals surface area contributed by atoms with E-state index in [9.17, 15) is 8.42 Å². The minimum atomic E-state index is -3.74. The Labute approximate surface area is 149 Å². The van der Waals surface area contributed by atoms with Crippen molar-refractivity contribution in [3.8, 4) is 11.4 Å². The van der Waals surface area contributed by atoms with Gasteiger partial charge in [0.15, 0.2) is 0 Å². The molecule has 3 aromatic rings. The number of hydrogen-bond donors (Lipinski definition) is 1. The van der Waals surface area contributed by atoms with E-state index >= 15 is 0 Å². The third kappa shape index (κ3) is 3.95. The molecule has 25 heavy (non-hydrogen) atoms. The molecule has 0 saturated carbocycles. The standard InChI is InChI=1S/C15H14ClN5O3S/c1-24-15-3-2-13(8-14(15)16)25(22,23)18-9-11-10-21(20-19-11)12-4-6-17-7-5-12/h2-8,10,18H,9H2,1H3. The molecule has 0 bridgehead atoms. The molecule has 130 valence electrons. The van der Waals surface area contributed by atoms with Crippen LogP contribution < -0.4 is 9.46 Å². The van der Waals surface area contributed by atoms with Gasteiger partial charge in [-0.3, -0.25) is 4.98 Å². The van der Waals surface area contributed by atoms with Gasteiger partial charge in [0.2, 0.25) is 10.0 Å². The molecule has 8 nitrogen and oxygen atoms in total. The molecule has 2 heterocycles. The number of hydrogen-bond acceptors (Lipinski definition) is 6. The second kappa shape index (κ2) is 7.18. The largest absolute Gasteiger partial charge is 0.495 e. The fourth-order valence-corrected chi connectivity index (χ4v) is 3.42. The minimum Gasteiger partial charge on any atom is -0.495 e.